The van der Waals surface area contributed by atoms with Gasteiger partial charge in [0.2, 0.25) is 0 Å². The molecule has 1 rings (SSSR count). The van der Waals surface area contributed by atoms with Crippen LogP contribution in [0, 0.1) is 11.8 Å². The molecule has 0 radical (unpaired) electrons. The van der Waals surface area contributed by atoms with Crippen molar-refractivity contribution in [2.24, 2.45) is 11.8 Å². The molecule has 1 saturated carbocycles. The summed E-state index contributed by atoms with van der Waals surface area (Å²) in [5.41, 5.74) is -0.522. The highest BCUT2D eigenvalue weighted by atomic mass is 16.6. The zero-order valence-electron chi connectivity index (χ0n) is 10.7. The summed E-state index contributed by atoms with van der Waals surface area (Å²) in [5, 5.41) is 11.6. The van der Waals surface area contributed by atoms with Crippen molar-refractivity contribution in [1.29, 1.82) is 0 Å². The standard InChI is InChI=1S/C12H21NO4/c1-12(2,3)17-11(16)13-7-8-5-4-6-9(8)10(14)15/h8-9H,4-7H2,1-3H3,(H,13,16)(H,14,15)/t8-,9-/m1/s1. The first-order chi connectivity index (χ1) is 7.79. The molecule has 17 heavy (non-hydrogen) atoms. The Morgan fingerprint density at radius 1 is 1.35 bits per heavy atom. The van der Waals surface area contributed by atoms with E-state index < -0.39 is 17.7 Å². The number of alkyl carbamates (subject to hydrolysis) is 1. The molecule has 98 valence electrons. The second-order valence-electron chi connectivity index (χ2n) is 5.52. The number of aliphatic carboxylic acids is 1. The van der Waals surface area contributed by atoms with Gasteiger partial charge in [0.1, 0.15) is 5.60 Å². The van der Waals surface area contributed by atoms with Crippen LogP contribution < -0.4 is 5.32 Å². The van der Waals surface area contributed by atoms with E-state index in [1.165, 1.54) is 0 Å². The minimum atomic E-state index is -0.765. The van der Waals surface area contributed by atoms with Gasteiger partial charge in [-0.05, 0) is 39.5 Å². The Labute approximate surface area is 102 Å². The Kier molecular flexibility index (Phi) is 4.37. The summed E-state index contributed by atoms with van der Waals surface area (Å²) in [6, 6.07) is 0. The quantitative estimate of drug-likeness (QED) is 0.795. The van der Waals surface area contributed by atoms with E-state index in [1.807, 2.05) is 0 Å². The number of hydrogen-bond donors (Lipinski definition) is 2. The number of carbonyl (C=O) groups is 2. The van der Waals surface area contributed by atoms with Crippen LogP contribution >= 0.6 is 0 Å². The Balaban J connectivity index is 2.35. The highest BCUT2D eigenvalue weighted by molar-refractivity contribution is 5.71. The third-order valence-corrected chi connectivity index (χ3v) is 2.88. The molecule has 0 spiro atoms. The maximum absolute atomic E-state index is 11.4. The molecule has 2 atom stereocenters. The number of carbonyl (C=O) groups excluding carboxylic acids is 1. The van der Waals surface area contributed by atoms with Crippen molar-refractivity contribution in [3.8, 4) is 0 Å². The van der Waals surface area contributed by atoms with Gasteiger partial charge in [-0.2, -0.15) is 0 Å². The van der Waals surface area contributed by atoms with Gasteiger partial charge in [0.25, 0.3) is 0 Å². The van der Waals surface area contributed by atoms with E-state index in [1.54, 1.807) is 20.8 Å². The Morgan fingerprint density at radius 2 is 2.00 bits per heavy atom. The van der Waals surface area contributed by atoms with Crippen LogP contribution in [0.15, 0.2) is 0 Å². The average molecular weight is 243 g/mol. The number of hydrogen-bond acceptors (Lipinski definition) is 3. The van der Waals surface area contributed by atoms with Gasteiger partial charge >= 0.3 is 12.1 Å². The van der Waals surface area contributed by atoms with E-state index >= 15 is 0 Å². The minimum Gasteiger partial charge on any atom is -0.481 e. The molecule has 1 fully saturated rings. The fourth-order valence-electron chi connectivity index (χ4n) is 2.13. The molecule has 0 saturated heterocycles. The molecule has 0 aromatic heterocycles. The predicted molar refractivity (Wildman–Crippen MR) is 62.7 cm³/mol. The predicted octanol–water partition coefficient (Wildman–Crippen LogP) is 2.01. The molecular formula is C12H21NO4. The molecule has 2 N–H and O–H groups in total. The topological polar surface area (TPSA) is 75.6 Å². The van der Waals surface area contributed by atoms with Gasteiger partial charge in [-0.3, -0.25) is 4.79 Å². The lowest BCUT2D eigenvalue weighted by Crippen LogP contribution is -2.37. The smallest absolute Gasteiger partial charge is 0.407 e. The molecule has 5 nitrogen and oxygen atoms in total. The Morgan fingerprint density at radius 3 is 2.53 bits per heavy atom. The van der Waals surface area contributed by atoms with Gasteiger partial charge in [-0.25, -0.2) is 4.79 Å². The Hall–Kier alpha value is -1.26. The zero-order chi connectivity index (χ0) is 13.1. The summed E-state index contributed by atoms with van der Waals surface area (Å²) < 4.78 is 5.10. The van der Waals surface area contributed by atoms with Gasteiger partial charge in [-0.15, -0.1) is 0 Å². The molecule has 0 bridgehead atoms. The molecule has 0 aliphatic heterocycles. The number of rotatable bonds is 3. The second-order valence-corrected chi connectivity index (χ2v) is 5.52. The monoisotopic (exact) mass is 243 g/mol. The first kappa shape index (κ1) is 13.8. The Bertz CT molecular complexity index is 295. The van der Waals surface area contributed by atoms with Crippen LogP contribution in [0.1, 0.15) is 40.0 Å². The van der Waals surface area contributed by atoms with Gasteiger partial charge < -0.3 is 15.2 Å². The van der Waals surface area contributed by atoms with Gasteiger partial charge in [-0.1, -0.05) is 6.42 Å². The van der Waals surface area contributed by atoms with E-state index in [-0.39, 0.29) is 11.8 Å². The van der Waals surface area contributed by atoms with Crippen LogP contribution in [0.5, 0.6) is 0 Å². The van der Waals surface area contributed by atoms with E-state index in [0.717, 1.165) is 12.8 Å². The van der Waals surface area contributed by atoms with Crippen molar-refractivity contribution >= 4 is 12.1 Å². The molecular weight excluding hydrogens is 222 g/mol. The normalized spacial score (nSPS) is 24.4. The molecule has 0 aromatic carbocycles. The van der Waals surface area contributed by atoms with Gasteiger partial charge in [0.05, 0.1) is 5.92 Å². The highest BCUT2D eigenvalue weighted by Gasteiger charge is 2.33. The van der Waals surface area contributed by atoms with E-state index in [0.29, 0.717) is 13.0 Å². The summed E-state index contributed by atoms with van der Waals surface area (Å²) >= 11 is 0. The lowest BCUT2D eigenvalue weighted by molar-refractivity contribution is -0.142. The third kappa shape index (κ3) is 4.63. The molecule has 0 unspecified atom stereocenters. The first-order valence-corrected chi connectivity index (χ1v) is 5.99. The average Bonchev–Trinajstić information content (AvgIpc) is 2.59. The minimum absolute atomic E-state index is 0.0278. The fourth-order valence-corrected chi connectivity index (χ4v) is 2.13. The molecule has 5 heteroatoms. The van der Waals surface area contributed by atoms with Crippen molar-refractivity contribution in [1.82, 2.24) is 5.32 Å². The van der Waals surface area contributed by atoms with Gasteiger partial charge in [0, 0.05) is 6.54 Å². The van der Waals surface area contributed by atoms with Crippen molar-refractivity contribution in [3.63, 3.8) is 0 Å². The maximum atomic E-state index is 11.4. The van der Waals surface area contributed by atoms with Crippen LogP contribution in [0.3, 0.4) is 0 Å². The van der Waals surface area contributed by atoms with Crippen molar-refractivity contribution < 1.29 is 19.4 Å². The SMILES string of the molecule is CC(C)(C)OC(=O)NC[C@H]1CCC[C@H]1C(=O)O. The second kappa shape index (κ2) is 5.38. The summed E-state index contributed by atoms with van der Waals surface area (Å²) in [7, 11) is 0. The molecule has 1 amide bonds. The highest BCUT2D eigenvalue weighted by Crippen LogP contribution is 2.31. The first-order valence-electron chi connectivity index (χ1n) is 5.99. The maximum Gasteiger partial charge on any atom is 0.407 e. The van der Waals surface area contributed by atoms with E-state index in [9.17, 15) is 9.59 Å². The van der Waals surface area contributed by atoms with Gasteiger partial charge in [0.15, 0.2) is 0 Å². The van der Waals surface area contributed by atoms with Crippen LogP contribution in [0.25, 0.3) is 0 Å². The van der Waals surface area contributed by atoms with Crippen LogP contribution in [-0.4, -0.2) is 29.3 Å². The van der Waals surface area contributed by atoms with Crippen molar-refractivity contribution in [2.75, 3.05) is 6.54 Å². The number of nitrogens with one attached hydrogen (secondary N) is 1. The molecule has 0 aromatic rings. The zero-order valence-corrected chi connectivity index (χ0v) is 10.7. The van der Waals surface area contributed by atoms with Crippen molar-refractivity contribution in [3.05, 3.63) is 0 Å². The number of ether oxygens (including phenoxy) is 1. The lowest BCUT2D eigenvalue weighted by Gasteiger charge is -2.21. The van der Waals surface area contributed by atoms with Crippen LogP contribution in [0.4, 0.5) is 4.79 Å². The summed E-state index contributed by atoms with van der Waals surface area (Å²) in [4.78, 5) is 22.4. The van der Waals surface area contributed by atoms with E-state index in [4.69, 9.17) is 9.84 Å². The number of carboxylic acids is 1. The van der Waals surface area contributed by atoms with Crippen molar-refractivity contribution in [2.45, 2.75) is 45.6 Å². The molecule has 1 aliphatic rings. The number of amides is 1. The lowest BCUT2D eigenvalue weighted by atomic mass is 9.96. The van der Waals surface area contributed by atoms with E-state index in [2.05, 4.69) is 5.32 Å². The van der Waals surface area contributed by atoms with Crippen LogP contribution in [-0.2, 0) is 9.53 Å². The molecule has 1 aliphatic carbocycles. The summed E-state index contributed by atoms with van der Waals surface area (Å²) in [5.74, 6) is -1.07. The fraction of sp³-hybridized carbons (Fsp3) is 0.833. The van der Waals surface area contributed by atoms with Crippen LogP contribution in [0.2, 0.25) is 0 Å². The number of carboxylic acid groups (broad SMARTS) is 1. The summed E-state index contributed by atoms with van der Waals surface area (Å²) in [6.07, 6.45) is 1.99. The summed E-state index contributed by atoms with van der Waals surface area (Å²) in [6.45, 7) is 5.76. The largest absolute Gasteiger partial charge is 0.481 e. The molecule has 0 heterocycles. The third-order valence-electron chi connectivity index (χ3n) is 2.88.